The highest BCUT2D eigenvalue weighted by molar-refractivity contribution is 7.26. The number of hydrogen-bond acceptors (Lipinski definition) is 3. The summed E-state index contributed by atoms with van der Waals surface area (Å²) in [6.45, 7) is 45.0. The molecule has 382 valence electrons. The van der Waals surface area contributed by atoms with Crippen LogP contribution in [0, 0.1) is 0 Å². The molecule has 6 aromatic carbocycles. The quantitative estimate of drug-likeness (QED) is 0.162. The number of benzene rings is 6. The lowest BCUT2D eigenvalue weighted by atomic mass is 9.33. The highest BCUT2D eigenvalue weighted by Crippen LogP contribution is 2.57. The van der Waals surface area contributed by atoms with Gasteiger partial charge in [0.05, 0.1) is 18.8 Å². The van der Waals surface area contributed by atoms with Crippen molar-refractivity contribution in [1.82, 2.24) is 0 Å². The molecule has 0 unspecified atom stereocenters. The third-order valence-electron chi connectivity index (χ3n) is 19.8. The lowest BCUT2D eigenvalue weighted by Crippen LogP contribution is -2.62. The number of anilines is 6. The molecule has 0 fully saturated rings. The van der Waals surface area contributed by atoms with Gasteiger partial charge in [0.2, 0.25) is 0 Å². The predicted molar refractivity (Wildman–Crippen MR) is 329 cm³/mol. The van der Waals surface area contributed by atoms with Crippen molar-refractivity contribution in [3.63, 3.8) is 0 Å². The Labute approximate surface area is 451 Å². The van der Waals surface area contributed by atoms with E-state index in [4.69, 9.17) is 0 Å². The van der Waals surface area contributed by atoms with Gasteiger partial charge in [0, 0.05) is 33.0 Å². The zero-order valence-electron chi connectivity index (χ0n) is 48.4. The van der Waals surface area contributed by atoms with E-state index in [2.05, 4.69) is 248 Å². The first kappa shape index (κ1) is 50.0. The molecular formula is C69H83BN2SSi. The summed E-state index contributed by atoms with van der Waals surface area (Å²) >= 11 is 2.05. The summed E-state index contributed by atoms with van der Waals surface area (Å²) in [4.78, 5) is 5.64. The normalized spacial score (nSPS) is 20.3. The van der Waals surface area contributed by atoms with Crippen LogP contribution in [0.15, 0.2) is 103 Å². The first-order valence-corrected chi connectivity index (χ1v) is 32.7. The molecule has 0 amide bonds. The van der Waals surface area contributed by atoms with Crippen LogP contribution >= 0.6 is 11.3 Å². The van der Waals surface area contributed by atoms with Gasteiger partial charge in [0.1, 0.15) is 0 Å². The van der Waals surface area contributed by atoms with Crippen LogP contribution in [0.1, 0.15) is 181 Å². The summed E-state index contributed by atoms with van der Waals surface area (Å²) in [6.07, 6.45) is 7.12. The average Bonchev–Trinajstić information content (AvgIpc) is 3.70. The minimum Gasteiger partial charge on any atom is -0.311 e. The minimum absolute atomic E-state index is 0.0161. The van der Waals surface area contributed by atoms with E-state index in [-0.39, 0.29) is 44.6 Å². The molecule has 0 saturated heterocycles. The molecule has 2 nitrogen and oxygen atoms in total. The lowest BCUT2D eigenvalue weighted by molar-refractivity contribution is 0.331. The van der Waals surface area contributed by atoms with E-state index in [1.54, 1.807) is 11.1 Å². The molecule has 0 bridgehead atoms. The molecule has 5 aliphatic rings. The molecule has 0 N–H and O–H groups in total. The second kappa shape index (κ2) is 15.9. The zero-order chi connectivity index (χ0) is 52.8. The van der Waals surface area contributed by atoms with Crippen LogP contribution in [-0.2, 0) is 37.9 Å². The Kier molecular flexibility index (Phi) is 10.7. The molecule has 1 aromatic heterocycles. The van der Waals surface area contributed by atoms with Gasteiger partial charge in [-0.1, -0.05) is 183 Å². The summed E-state index contributed by atoms with van der Waals surface area (Å²) in [7, 11) is -1.97. The van der Waals surface area contributed by atoms with Crippen molar-refractivity contribution in [2.24, 2.45) is 0 Å². The monoisotopic (exact) mass is 1010 g/mol. The molecule has 7 aromatic rings. The van der Waals surface area contributed by atoms with Gasteiger partial charge in [0.25, 0.3) is 6.71 Å². The molecule has 0 atom stereocenters. The first-order chi connectivity index (χ1) is 34.4. The van der Waals surface area contributed by atoms with Gasteiger partial charge >= 0.3 is 0 Å². The second-order valence-corrected chi connectivity index (χ2v) is 35.9. The molecule has 3 heterocycles. The number of rotatable bonds is 4. The third-order valence-corrected chi connectivity index (χ3v) is 22.9. The second-order valence-electron chi connectivity index (χ2n) is 29.8. The Balaban J connectivity index is 1.28. The molecule has 0 saturated carbocycles. The fraction of sp³-hybridized carbons (Fsp3) is 0.449. The van der Waals surface area contributed by atoms with Crippen molar-refractivity contribution in [2.45, 2.75) is 200 Å². The molecular weight excluding hydrogens is 928 g/mol. The maximum Gasteiger partial charge on any atom is 0.254 e. The van der Waals surface area contributed by atoms with Gasteiger partial charge in [-0.3, -0.25) is 0 Å². The molecule has 2 aliphatic heterocycles. The summed E-state index contributed by atoms with van der Waals surface area (Å²) < 4.78 is 1.42. The summed E-state index contributed by atoms with van der Waals surface area (Å²) in [6, 6.07) is 42.5. The van der Waals surface area contributed by atoms with Crippen LogP contribution in [-0.4, -0.2) is 14.8 Å². The Morgan fingerprint density at radius 2 is 1.04 bits per heavy atom. The Bertz CT molecular complexity index is 3490. The van der Waals surface area contributed by atoms with Crippen LogP contribution in [0.5, 0.6) is 0 Å². The van der Waals surface area contributed by atoms with Gasteiger partial charge in [-0.2, -0.15) is 0 Å². The average molecular weight is 1010 g/mol. The molecule has 0 radical (unpaired) electrons. The van der Waals surface area contributed by atoms with E-state index >= 15 is 0 Å². The van der Waals surface area contributed by atoms with E-state index in [0.717, 1.165) is 6.42 Å². The highest BCUT2D eigenvalue weighted by Gasteiger charge is 2.51. The van der Waals surface area contributed by atoms with Gasteiger partial charge < -0.3 is 9.80 Å². The number of thiophene rings is 1. The van der Waals surface area contributed by atoms with Crippen molar-refractivity contribution in [2.75, 3.05) is 9.80 Å². The van der Waals surface area contributed by atoms with Crippen LogP contribution in [0.3, 0.4) is 0 Å². The summed E-state index contributed by atoms with van der Waals surface area (Å²) in [5.74, 6) is 0. The van der Waals surface area contributed by atoms with Crippen molar-refractivity contribution >= 4 is 91.2 Å². The Morgan fingerprint density at radius 1 is 0.500 bits per heavy atom. The summed E-state index contributed by atoms with van der Waals surface area (Å²) in [5.41, 5.74) is 24.6. The first-order valence-electron chi connectivity index (χ1n) is 28.3. The van der Waals surface area contributed by atoms with Crippen molar-refractivity contribution in [1.29, 1.82) is 0 Å². The topological polar surface area (TPSA) is 6.48 Å². The maximum absolute atomic E-state index is 2.85. The highest BCUT2D eigenvalue weighted by atomic mass is 32.1. The minimum atomic E-state index is -1.97. The van der Waals surface area contributed by atoms with E-state index in [9.17, 15) is 0 Å². The van der Waals surface area contributed by atoms with Crippen molar-refractivity contribution < 1.29 is 0 Å². The number of hydrogen-bond donors (Lipinski definition) is 0. The Morgan fingerprint density at radius 3 is 1.65 bits per heavy atom. The number of nitrogens with zero attached hydrogens (tertiary/aromatic N) is 2. The maximum atomic E-state index is 2.85. The van der Waals surface area contributed by atoms with E-state index in [0.29, 0.717) is 0 Å². The lowest BCUT2D eigenvalue weighted by Gasteiger charge is -2.50. The molecule has 74 heavy (non-hydrogen) atoms. The predicted octanol–water partition coefficient (Wildman–Crippen LogP) is 17.5. The Hall–Kier alpha value is -4.84. The van der Waals surface area contributed by atoms with Crippen molar-refractivity contribution in [3.8, 4) is 11.1 Å². The fourth-order valence-electron chi connectivity index (χ4n) is 14.5. The number of fused-ring (bicyclic) bond motifs is 10. The van der Waals surface area contributed by atoms with Gasteiger partial charge in [-0.15, -0.1) is 11.3 Å². The summed E-state index contributed by atoms with van der Waals surface area (Å²) in [5, 5.41) is 4.32. The molecule has 0 spiro atoms. The molecule has 12 rings (SSSR count). The van der Waals surface area contributed by atoms with E-state index in [1.807, 2.05) is 0 Å². The van der Waals surface area contributed by atoms with Crippen LogP contribution < -0.4 is 31.4 Å². The fourth-order valence-corrected chi connectivity index (χ4v) is 16.9. The SMILES string of the molecule is CC(C)(C)c1ccc(N2c3cc([Si](C)(C)C)cc4c3B(c3ccc5c(c3N4c3ccc4c(c3)C(C)(C)CCC4(C)C)C(C)(C)CCC5(C)C)c3c2sc2cc4c(cc32)C(C)(C)CCC4(C)C)c(-c2ccccc2)c1. The largest absolute Gasteiger partial charge is 0.311 e. The van der Waals surface area contributed by atoms with Crippen molar-refractivity contribution in [3.05, 3.63) is 142 Å². The van der Waals surface area contributed by atoms with E-state index in [1.165, 1.54) is 136 Å². The van der Waals surface area contributed by atoms with Gasteiger partial charge in [-0.25, -0.2) is 0 Å². The van der Waals surface area contributed by atoms with Crippen LogP contribution in [0.2, 0.25) is 19.6 Å². The zero-order valence-corrected chi connectivity index (χ0v) is 50.3. The van der Waals surface area contributed by atoms with E-state index < -0.39 is 8.07 Å². The van der Waals surface area contributed by atoms with Crippen LogP contribution in [0.25, 0.3) is 21.2 Å². The van der Waals surface area contributed by atoms with Gasteiger partial charge in [0.15, 0.2) is 0 Å². The smallest absolute Gasteiger partial charge is 0.254 e. The standard InChI is InChI=1S/C69H83BN2SSi/c1-63(2,3)43-24-29-54(46(36-43)42-22-20-19-21-23-42)72-56-39-45(74(16,17)18)38-55-60(56)70(59-47-40-51-52(41-57(47)73-62(59)72)68(12,13)33-32-67(51,10)11)53-28-27-49-58(69(14,15)35-34-65(49,6)7)61(53)71(55)44-25-26-48-50(37-44)66(8,9)31-30-64(48,4)5/h19-29,36-41H,30-35H2,1-18H3. The third kappa shape index (κ3) is 7.41. The molecule has 5 heteroatoms. The molecule has 3 aliphatic carbocycles. The van der Waals surface area contributed by atoms with Crippen LogP contribution in [0.4, 0.5) is 33.4 Å². The van der Waals surface area contributed by atoms with Gasteiger partial charge in [-0.05, 0) is 191 Å².